The first-order valence-corrected chi connectivity index (χ1v) is 6.52. The van der Waals surface area contributed by atoms with Gasteiger partial charge in [0.05, 0.1) is 6.61 Å². The van der Waals surface area contributed by atoms with E-state index in [0.29, 0.717) is 12.4 Å². The molecular formula is C14H18FNO3. The van der Waals surface area contributed by atoms with Gasteiger partial charge in [-0.2, -0.15) is 0 Å². The summed E-state index contributed by atoms with van der Waals surface area (Å²) in [6.07, 6.45) is 2.44. The number of likely N-dealkylation sites (tertiary alicyclic amines) is 1. The van der Waals surface area contributed by atoms with Crippen LogP contribution in [0.3, 0.4) is 0 Å². The maximum Gasteiger partial charge on any atom is 0.320 e. The Labute approximate surface area is 111 Å². The van der Waals surface area contributed by atoms with Gasteiger partial charge in [0.25, 0.3) is 0 Å². The van der Waals surface area contributed by atoms with Crippen LogP contribution >= 0.6 is 0 Å². The minimum absolute atomic E-state index is 0.284. The molecule has 1 atom stereocenters. The zero-order valence-electron chi connectivity index (χ0n) is 10.7. The van der Waals surface area contributed by atoms with Crippen molar-refractivity contribution in [2.75, 3.05) is 19.7 Å². The van der Waals surface area contributed by atoms with Crippen molar-refractivity contribution in [3.05, 3.63) is 30.1 Å². The summed E-state index contributed by atoms with van der Waals surface area (Å²) in [5, 5.41) is 9.04. The highest BCUT2D eigenvalue weighted by Crippen LogP contribution is 2.17. The highest BCUT2D eigenvalue weighted by atomic mass is 19.1. The molecule has 1 heterocycles. The molecule has 2 rings (SSSR count). The molecule has 0 aliphatic carbocycles. The van der Waals surface area contributed by atoms with E-state index < -0.39 is 5.97 Å². The number of ether oxygens (including phenoxy) is 1. The molecule has 0 saturated carbocycles. The number of carboxylic acid groups (broad SMARTS) is 1. The third kappa shape index (κ3) is 3.92. The molecule has 0 bridgehead atoms. The number of halogens is 1. The predicted molar refractivity (Wildman–Crippen MR) is 68.7 cm³/mol. The summed E-state index contributed by atoms with van der Waals surface area (Å²) in [5.41, 5.74) is 0. The topological polar surface area (TPSA) is 49.8 Å². The van der Waals surface area contributed by atoms with Gasteiger partial charge in [0.1, 0.15) is 17.6 Å². The van der Waals surface area contributed by atoms with Gasteiger partial charge < -0.3 is 9.84 Å². The van der Waals surface area contributed by atoms with E-state index in [9.17, 15) is 9.18 Å². The lowest BCUT2D eigenvalue weighted by Gasteiger charge is -2.20. The van der Waals surface area contributed by atoms with E-state index in [1.54, 1.807) is 12.1 Å². The fourth-order valence-corrected chi connectivity index (χ4v) is 2.36. The number of benzene rings is 1. The molecule has 1 aromatic carbocycles. The van der Waals surface area contributed by atoms with Crippen LogP contribution in [-0.4, -0.2) is 41.7 Å². The predicted octanol–water partition coefficient (Wildman–Crippen LogP) is 2.14. The highest BCUT2D eigenvalue weighted by molar-refractivity contribution is 5.73. The summed E-state index contributed by atoms with van der Waals surface area (Å²) in [7, 11) is 0. The van der Waals surface area contributed by atoms with Crippen LogP contribution < -0.4 is 4.74 Å². The van der Waals surface area contributed by atoms with E-state index in [-0.39, 0.29) is 11.9 Å². The number of hydrogen-bond acceptors (Lipinski definition) is 3. The lowest BCUT2D eigenvalue weighted by Crippen LogP contribution is -2.36. The molecule has 4 nitrogen and oxygen atoms in total. The standard InChI is InChI=1S/C14H18FNO3/c15-11-4-6-12(7-5-11)19-10-2-9-16-8-1-3-13(16)14(17)18/h4-7,13H,1-3,8-10H2,(H,17,18). The second-order valence-electron chi connectivity index (χ2n) is 4.69. The first-order valence-electron chi connectivity index (χ1n) is 6.52. The van der Waals surface area contributed by atoms with Gasteiger partial charge in [0, 0.05) is 6.54 Å². The van der Waals surface area contributed by atoms with Crippen LogP contribution in [0.5, 0.6) is 5.75 Å². The number of rotatable bonds is 6. The summed E-state index contributed by atoms with van der Waals surface area (Å²) in [6, 6.07) is 5.55. The van der Waals surface area contributed by atoms with Crippen molar-refractivity contribution in [2.24, 2.45) is 0 Å². The first kappa shape index (κ1) is 13.8. The fourth-order valence-electron chi connectivity index (χ4n) is 2.36. The molecular weight excluding hydrogens is 249 g/mol. The zero-order chi connectivity index (χ0) is 13.7. The van der Waals surface area contributed by atoms with Gasteiger partial charge in [0.15, 0.2) is 0 Å². The molecule has 5 heteroatoms. The Morgan fingerprint density at radius 3 is 2.84 bits per heavy atom. The Bertz CT molecular complexity index is 421. The normalized spacial score (nSPS) is 19.5. The Morgan fingerprint density at radius 1 is 1.42 bits per heavy atom. The minimum atomic E-state index is -0.739. The third-order valence-corrected chi connectivity index (χ3v) is 3.32. The average Bonchev–Trinajstić information content (AvgIpc) is 2.85. The van der Waals surface area contributed by atoms with Gasteiger partial charge in [-0.1, -0.05) is 0 Å². The van der Waals surface area contributed by atoms with Crippen molar-refractivity contribution >= 4 is 5.97 Å². The van der Waals surface area contributed by atoms with Gasteiger partial charge in [-0.15, -0.1) is 0 Å². The Balaban J connectivity index is 1.69. The van der Waals surface area contributed by atoms with Gasteiger partial charge in [-0.3, -0.25) is 9.69 Å². The van der Waals surface area contributed by atoms with Crippen LogP contribution in [-0.2, 0) is 4.79 Å². The smallest absolute Gasteiger partial charge is 0.320 e. The molecule has 1 aromatic rings. The number of hydrogen-bond donors (Lipinski definition) is 1. The number of carboxylic acids is 1. The van der Waals surface area contributed by atoms with Crippen molar-refractivity contribution in [3.63, 3.8) is 0 Å². The van der Waals surface area contributed by atoms with E-state index in [1.165, 1.54) is 12.1 Å². The lowest BCUT2D eigenvalue weighted by molar-refractivity contribution is -0.142. The van der Waals surface area contributed by atoms with Crippen LogP contribution in [0, 0.1) is 5.82 Å². The summed E-state index contributed by atoms with van der Waals surface area (Å²) in [4.78, 5) is 13.0. The van der Waals surface area contributed by atoms with Gasteiger partial charge >= 0.3 is 5.97 Å². The van der Waals surface area contributed by atoms with Gasteiger partial charge in [0.2, 0.25) is 0 Å². The Hall–Kier alpha value is -1.62. The Kier molecular flexibility index (Phi) is 4.74. The SMILES string of the molecule is O=C(O)C1CCCN1CCCOc1ccc(F)cc1. The first-order chi connectivity index (χ1) is 9.16. The van der Waals surface area contributed by atoms with E-state index in [4.69, 9.17) is 9.84 Å². The minimum Gasteiger partial charge on any atom is -0.494 e. The van der Waals surface area contributed by atoms with Crippen LogP contribution in [0.2, 0.25) is 0 Å². The van der Waals surface area contributed by atoms with E-state index >= 15 is 0 Å². The van der Waals surface area contributed by atoms with Crippen molar-refractivity contribution in [3.8, 4) is 5.75 Å². The average molecular weight is 267 g/mol. The molecule has 19 heavy (non-hydrogen) atoms. The molecule has 1 unspecified atom stereocenters. The molecule has 0 radical (unpaired) electrons. The summed E-state index contributed by atoms with van der Waals surface area (Å²) < 4.78 is 18.2. The number of nitrogens with zero attached hydrogens (tertiary/aromatic N) is 1. The number of aliphatic carboxylic acids is 1. The fraction of sp³-hybridized carbons (Fsp3) is 0.500. The molecule has 0 spiro atoms. The molecule has 1 fully saturated rings. The molecule has 1 saturated heterocycles. The van der Waals surface area contributed by atoms with Crippen LogP contribution in [0.1, 0.15) is 19.3 Å². The van der Waals surface area contributed by atoms with E-state index in [2.05, 4.69) is 0 Å². The molecule has 0 amide bonds. The maximum absolute atomic E-state index is 12.7. The lowest BCUT2D eigenvalue weighted by atomic mass is 10.2. The molecule has 1 aliphatic rings. The molecule has 104 valence electrons. The van der Waals surface area contributed by atoms with Crippen molar-refractivity contribution < 1.29 is 19.0 Å². The van der Waals surface area contributed by atoms with Crippen LogP contribution in [0.25, 0.3) is 0 Å². The second kappa shape index (κ2) is 6.52. The maximum atomic E-state index is 12.7. The van der Waals surface area contributed by atoms with E-state index in [0.717, 1.165) is 32.4 Å². The van der Waals surface area contributed by atoms with Gasteiger partial charge in [-0.05, 0) is 50.1 Å². The zero-order valence-corrected chi connectivity index (χ0v) is 10.7. The molecule has 0 aromatic heterocycles. The summed E-state index contributed by atoms with van der Waals surface area (Å²) >= 11 is 0. The summed E-state index contributed by atoms with van der Waals surface area (Å²) in [5.74, 6) is -0.386. The molecule has 1 N–H and O–H groups in total. The Morgan fingerprint density at radius 2 is 2.16 bits per heavy atom. The van der Waals surface area contributed by atoms with E-state index in [1.807, 2.05) is 4.90 Å². The van der Waals surface area contributed by atoms with Crippen molar-refractivity contribution in [1.29, 1.82) is 0 Å². The quantitative estimate of drug-likeness (QED) is 0.802. The van der Waals surface area contributed by atoms with Crippen molar-refractivity contribution in [1.82, 2.24) is 4.90 Å². The third-order valence-electron chi connectivity index (χ3n) is 3.32. The van der Waals surface area contributed by atoms with Crippen LogP contribution in [0.4, 0.5) is 4.39 Å². The summed E-state index contributed by atoms with van der Waals surface area (Å²) in [6.45, 7) is 2.07. The number of carbonyl (C=O) groups is 1. The molecule has 1 aliphatic heterocycles. The van der Waals surface area contributed by atoms with Crippen LogP contribution in [0.15, 0.2) is 24.3 Å². The van der Waals surface area contributed by atoms with Gasteiger partial charge in [-0.25, -0.2) is 4.39 Å². The van der Waals surface area contributed by atoms with Crippen molar-refractivity contribution in [2.45, 2.75) is 25.3 Å². The monoisotopic (exact) mass is 267 g/mol. The second-order valence-corrected chi connectivity index (χ2v) is 4.69. The largest absolute Gasteiger partial charge is 0.494 e. The highest BCUT2D eigenvalue weighted by Gasteiger charge is 2.29.